The molecule has 0 unspecified atom stereocenters. The van der Waals surface area contributed by atoms with Crippen molar-refractivity contribution in [2.24, 2.45) is 0 Å². The predicted molar refractivity (Wildman–Crippen MR) is 143 cm³/mol. The molecule has 2 aromatic carbocycles. The number of aliphatic hydroxyl groups excluding tert-OH is 1. The quantitative estimate of drug-likeness (QED) is 0.286. The van der Waals surface area contributed by atoms with Crippen LogP contribution in [0.25, 0.3) is 5.76 Å². The molecule has 2 saturated heterocycles. The Morgan fingerprint density at radius 3 is 2.37 bits per heavy atom. The van der Waals surface area contributed by atoms with Crippen LogP contribution in [0.1, 0.15) is 36.1 Å². The van der Waals surface area contributed by atoms with Gasteiger partial charge >= 0.3 is 0 Å². The molecule has 38 heavy (non-hydrogen) atoms. The number of ketones is 1. The Morgan fingerprint density at radius 1 is 1.00 bits per heavy atom. The molecule has 9 heteroatoms. The lowest BCUT2D eigenvalue weighted by Gasteiger charge is -2.31. The Labute approximate surface area is 223 Å². The molecule has 1 amide bonds. The Kier molecular flexibility index (Phi) is 8.91. The largest absolute Gasteiger partial charge is 0.507 e. The number of Topliss-reactive ketones (excluding diaryl/α,β-unsaturated/α-hetero) is 1. The fraction of sp³-hybridized carbons (Fsp3) is 0.448. The van der Waals surface area contributed by atoms with Gasteiger partial charge in [-0.1, -0.05) is 13.0 Å². The summed E-state index contributed by atoms with van der Waals surface area (Å²) >= 11 is 0. The molecule has 204 valence electrons. The van der Waals surface area contributed by atoms with Gasteiger partial charge in [0.25, 0.3) is 11.7 Å². The van der Waals surface area contributed by atoms with E-state index in [9.17, 15) is 14.7 Å². The molecule has 0 bridgehead atoms. The number of rotatable bonds is 10. The minimum absolute atomic E-state index is 0.0471. The van der Waals surface area contributed by atoms with E-state index in [4.69, 9.17) is 18.9 Å². The first-order valence-corrected chi connectivity index (χ1v) is 12.9. The number of amides is 1. The van der Waals surface area contributed by atoms with Gasteiger partial charge in [0, 0.05) is 31.7 Å². The summed E-state index contributed by atoms with van der Waals surface area (Å²) in [5.74, 6) is 0.136. The molecule has 0 spiro atoms. The molecule has 2 aliphatic heterocycles. The lowest BCUT2D eigenvalue weighted by atomic mass is 9.94. The number of carbonyl (C=O) groups is 2. The number of nitrogens with zero attached hydrogens (tertiary/aromatic N) is 2. The normalized spacial score (nSPS) is 19.6. The van der Waals surface area contributed by atoms with E-state index in [0.717, 1.165) is 25.1 Å². The smallest absolute Gasteiger partial charge is 0.295 e. The lowest BCUT2D eigenvalue weighted by molar-refractivity contribution is -0.140. The Morgan fingerprint density at radius 2 is 1.71 bits per heavy atom. The highest BCUT2D eigenvalue weighted by molar-refractivity contribution is 6.46. The summed E-state index contributed by atoms with van der Waals surface area (Å²) in [4.78, 5) is 30.5. The maximum atomic E-state index is 13.4. The van der Waals surface area contributed by atoms with Crippen molar-refractivity contribution in [1.29, 1.82) is 0 Å². The number of aryl methyl sites for hydroxylation is 1. The van der Waals surface area contributed by atoms with Crippen LogP contribution in [0.2, 0.25) is 0 Å². The highest BCUT2D eigenvalue weighted by Crippen LogP contribution is 2.42. The zero-order valence-electron chi connectivity index (χ0n) is 22.5. The second-order valence-corrected chi connectivity index (χ2v) is 9.39. The molecule has 2 heterocycles. The summed E-state index contributed by atoms with van der Waals surface area (Å²) in [5, 5.41) is 11.4. The number of carbonyl (C=O) groups excluding carboxylic acids is 2. The molecule has 0 saturated carbocycles. The highest BCUT2D eigenvalue weighted by Gasteiger charge is 2.46. The van der Waals surface area contributed by atoms with Gasteiger partial charge in [0.15, 0.2) is 11.5 Å². The van der Waals surface area contributed by atoms with E-state index in [1.165, 1.54) is 12.0 Å². The van der Waals surface area contributed by atoms with Crippen molar-refractivity contribution < 1.29 is 33.6 Å². The maximum Gasteiger partial charge on any atom is 0.295 e. The number of ether oxygens (including phenoxy) is 4. The van der Waals surface area contributed by atoms with Crippen molar-refractivity contribution in [2.45, 2.75) is 26.3 Å². The van der Waals surface area contributed by atoms with Gasteiger partial charge in [-0.15, -0.1) is 0 Å². The number of methoxy groups -OCH3 is 2. The van der Waals surface area contributed by atoms with E-state index in [1.807, 2.05) is 13.8 Å². The third kappa shape index (κ3) is 5.63. The molecule has 0 aromatic heterocycles. The molecular formula is C29H36N2O7. The van der Waals surface area contributed by atoms with Crippen LogP contribution in [0, 0.1) is 6.92 Å². The van der Waals surface area contributed by atoms with Crippen LogP contribution in [0.3, 0.4) is 0 Å². The van der Waals surface area contributed by atoms with Crippen LogP contribution >= 0.6 is 0 Å². The van der Waals surface area contributed by atoms with Crippen molar-refractivity contribution >= 4 is 17.4 Å². The highest BCUT2D eigenvalue weighted by atomic mass is 16.5. The predicted octanol–water partition coefficient (Wildman–Crippen LogP) is 3.55. The molecule has 1 atom stereocenters. The van der Waals surface area contributed by atoms with Crippen LogP contribution < -0.4 is 14.2 Å². The molecule has 2 aliphatic rings. The molecular weight excluding hydrogens is 488 g/mol. The molecule has 0 radical (unpaired) electrons. The molecule has 2 aromatic rings. The van der Waals surface area contributed by atoms with Crippen LogP contribution in [-0.2, 0) is 14.3 Å². The lowest BCUT2D eigenvalue weighted by Crippen LogP contribution is -2.42. The fourth-order valence-electron chi connectivity index (χ4n) is 4.88. The van der Waals surface area contributed by atoms with Crippen molar-refractivity contribution in [3.63, 3.8) is 0 Å². The third-order valence-electron chi connectivity index (χ3n) is 6.93. The van der Waals surface area contributed by atoms with E-state index in [2.05, 4.69) is 4.90 Å². The standard InChI is InChI=1S/C29H36N2O7/c1-5-14-38-22-8-7-21(17-19(22)2)27(32)25-26(20-6-9-23(35-3)24(18-20)36-4)31(29(34)28(25)33)11-10-30-12-15-37-16-13-30/h6-9,17-18,26,32H,5,10-16H2,1-4H3/t26-/m1/s1. The van der Waals surface area contributed by atoms with Gasteiger partial charge in [0.2, 0.25) is 0 Å². The molecule has 0 aliphatic carbocycles. The average molecular weight is 525 g/mol. The fourth-order valence-corrected chi connectivity index (χ4v) is 4.88. The maximum absolute atomic E-state index is 13.4. The van der Waals surface area contributed by atoms with Crippen LogP contribution in [-0.4, -0.2) is 86.8 Å². The Balaban J connectivity index is 1.76. The van der Waals surface area contributed by atoms with Crippen molar-refractivity contribution in [1.82, 2.24) is 9.80 Å². The minimum atomic E-state index is -0.785. The summed E-state index contributed by atoms with van der Waals surface area (Å²) in [6.45, 7) is 8.19. The first-order chi connectivity index (χ1) is 18.4. The zero-order chi connectivity index (χ0) is 27.2. The number of aliphatic hydroxyl groups is 1. The minimum Gasteiger partial charge on any atom is -0.507 e. The van der Waals surface area contributed by atoms with E-state index in [0.29, 0.717) is 61.3 Å². The van der Waals surface area contributed by atoms with Crippen LogP contribution in [0.4, 0.5) is 0 Å². The molecule has 2 fully saturated rings. The summed E-state index contributed by atoms with van der Waals surface area (Å²) in [6, 6.07) is 9.75. The summed E-state index contributed by atoms with van der Waals surface area (Å²) in [6.07, 6.45) is 0.875. The Bertz CT molecular complexity index is 1200. The van der Waals surface area contributed by atoms with Crippen LogP contribution in [0.15, 0.2) is 42.0 Å². The topological polar surface area (TPSA) is 97.8 Å². The Hall–Kier alpha value is -3.56. The van der Waals surface area contributed by atoms with Gasteiger partial charge in [-0.05, 0) is 54.8 Å². The van der Waals surface area contributed by atoms with E-state index in [1.54, 1.807) is 43.5 Å². The summed E-state index contributed by atoms with van der Waals surface area (Å²) in [5.41, 5.74) is 1.96. The molecule has 4 rings (SSSR count). The number of benzene rings is 2. The van der Waals surface area contributed by atoms with Crippen molar-refractivity contribution in [3.05, 3.63) is 58.7 Å². The summed E-state index contributed by atoms with van der Waals surface area (Å²) < 4.78 is 22.1. The number of hydrogen-bond acceptors (Lipinski definition) is 8. The van der Waals surface area contributed by atoms with E-state index in [-0.39, 0.29) is 11.3 Å². The third-order valence-corrected chi connectivity index (χ3v) is 6.93. The number of morpholine rings is 1. The monoisotopic (exact) mass is 524 g/mol. The summed E-state index contributed by atoms with van der Waals surface area (Å²) in [7, 11) is 3.07. The molecule has 1 N–H and O–H groups in total. The van der Waals surface area contributed by atoms with Gasteiger partial charge in [-0.25, -0.2) is 0 Å². The van der Waals surface area contributed by atoms with Gasteiger partial charge in [-0.3, -0.25) is 14.5 Å². The SMILES string of the molecule is CCCOc1ccc(C(O)=C2C(=O)C(=O)N(CCN3CCOCC3)[C@@H]2c2ccc(OC)c(OC)c2)cc1C. The van der Waals surface area contributed by atoms with Gasteiger partial charge in [0.05, 0.1) is 45.7 Å². The second kappa shape index (κ2) is 12.3. The first-order valence-electron chi connectivity index (χ1n) is 12.9. The van der Waals surface area contributed by atoms with E-state index < -0.39 is 17.7 Å². The zero-order valence-corrected chi connectivity index (χ0v) is 22.5. The van der Waals surface area contributed by atoms with Gasteiger partial charge in [-0.2, -0.15) is 0 Å². The van der Waals surface area contributed by atoms with Gasteiger partial charge in [0.1, 0.15) is 11.5 Å². The van der Waals surface area contributed by atoms with E-state index >= 15 is 0 Å². The number of likely N-dealkylation sites (tertiary alicyclic amines) is 1. The van der Waals surface area contributed by atoms with Gasteiger partial charge < -0.3 is 29.0 Å². The van der Waals surface area contributed by atoms with Crippen LogP contribution in [0.5, 0.6) is 17.2 Å². The van der Waals surface area contributed by atoms with Crippen molar-refractivity contribution in [2.75, 3.05) is 60.2 Å². The number of hydrogen-bond donors (Lipinski definition) is 1. The van der Waals surface area contributed by atoms with Crippen molar-refractivity contribution in [3.8, 4) is 17.2 Å². The molecule has 9 nitrogen and oxygen atoms in total. The first kappa shape index (κ1) is 27.5. The second-order valence-electron chi connectivity index (χ2n) is 9.39. The average Bonchev–Trinajstić information content (AvgIpc) is 3.20.